The van der Waals surface area contributed by atoms with E-state index in [0.717, 1.165) is 27.2 Å². The summed E-state index contributed by atoms with van der Waals surface area (Å²) in [4.78, 5) is 29.9. The maximum absolute atomic E-state index is 14.4. The van der Waals surface area contributed by atoms with Gasteiger partial charge in [0, 0.05) is 5.56 Å². The quantitative estimate of drug-likeness (QED) is 0.0801. The Labute approximate surface area is 372 Å². The lowest BCUT2D eigenvalue weighted by molar-refractivity contribution is -0.388. The van der Waals surface area contributed by atoms with Gasteiger partial charge in [-0.1, -0.05) is 140 Å². The fraction of sp³-hybridized carbons (Fsp3) is 0.333. The summed E-state index contributed by atoms with van der Waals surface area (Å²) in [6, 6.07) is 43.8. The van der Waals surface area contributed by atoms with Gasteiger partial charge >= 0.3 is 0 Å². The van der Waals surface area contributed by atoms with Crippen molar-refractivity contribution < 1.29 is 57.3 Å². The van der Waals surface area contributed by atoms with Gasteiger partial charge in [0.1, 0.15) is 48.8 Å². The standard InChI is InChI=1S/C51H51NO12/c1-2-27-57-50-41(52-47(54)37-25-15-16-26-38(37)48(52)55)45(58-29-34-19-9-4-10-20-34)43(39(61-50)31-56-28-33-17-7-3-8-18-33)64-51-42(53)46(59-30-35-21-11-5-12-22-35)44-40(62-51)32-60-49(63-44)36-23-13-6-14-24-36/h2-26,39-46,49-51,53H,1,27-32H2/t39-,40-,41-,42-,43-,44-,45-,46-,49-,50-,51+/m1/s1. The number of carbonyl (C=O) groups is 2. The average Bonchev–Trinajstić information content (AvgIpc) is 3.59. The second-order valence-electron chi connectivity index (χ2n) is 16.0. The highest BCUT2D eigenvalue weighted by atomic mass is 16.8. The van der Waals surface area contributed by atoms with Gasteiger partial charge < -0.3 is 47.7 Å². The van der Waals surface area contributed by atoms with E-state index in [1.165, 1.54) is 0 Å². The molecule has 5 aromatic rings. The van der Waals surface area contributed by atoms with E-state index < -0.39 is 79.5 Å². The van der Waals surface area contributed by atoms with E-state index in [1.807, 2.05) is 121 Å². The molecule has 4 heterocycles. The molecule has 5 aromatic carbocycles. The summed E-state index contributed by atoms with van der Waals surface area (Å²) >= 11 is 0. The second kappa shape index (κ2) is 20.6. The Morgan fingerprint density at radius 3 is 1.77 bits per heavy atom. The van der Waals surface area contributed by atoms with E-state index in [9.17, 15) is 14.7 Å². The van der Waals surface area contributed by atoms with E-state index in [4.69, 9.17) is 42.6 Å². The molecule has 13 nitrogen and oxygen atoms in total. The summed E-state index contributed by atoms with van der Waals surface area (Å²) < 4.78 is 59.1. The molecule has 2 amide bonds. The van der Waals surface area contributed by atoms with Gasteiger partial charge in [-0.2, -0.15) is 0 Å². The number of aliphatic hydroxyl groups is 1. The number of hydrogen-bond donors (Lipinski definition) is 1. The summed E-state index contributed by atoms with van der Waals surface area (Å²) in [6.07, 6.45) is -8.90. The van der Waals surface area contributed by atoms with Crippen LogP contribution < -0.4 is 0 Å². The summed E-state index contributed by atoms with van der Waals surface area (Å²) in [5, 5.41) is 12.4. The van der Waals surface area contributed by atoms with Gasteiger partial charge in [-0.05, 0) is 28.8 Å². The van der Waals surface area contributed by atoms with Crippen LogP contribution in [0, 0.1) is 0 Å². The van der Waals surface area contributed by atoms with E-state index in [-0.39, 0.29) is 50.8 Å². The Morgan fingerprint density at radius 2 is 1.17 bits per heavy atom. The smallest absolute Gasteiger partial charge is 0.262 e. The Kier molecular flexibility index (Phi) is 14.1. The Morgan fingerprint density at radius 1 is 0.625 bits per heavy atom. The fourth-order valence-electron chi connectivity index (χ4n) is 8.63. The molecular formula is C51H51NO12. The van der Waals surface area contributed by atoms with Crippen molar-refractivity contribution in [1.82, 2.24) is 4.90 Å². The van der Waals surface area contributed by atoms with E-state index in [0.29, 0.717) is 0 Å². The lowest BCUT2D eigenvalue weighted by atomic mass is 9.93. The van der Waals surface area contributed by atoms with E-state index in [1.54, 1.807) is 30.3 Å². The van der Waals surface area contributed by atoms with Gasteiger partial charge in [0.05, 0.1) is 50.8 Å². The molecule has 0 saturated carbocycles. The maximum Gasteiger partial charge on any atom is 0.262 e. The highest BCUT2D eigenvalue weighted by Gasteiger charge is 2.58. The molecular weight excluding hydrogens is 819 g/mol. The van der Waals surface area contributed by atoms with Crippen molar-refractivity contribution in [3.63, 3.8) is 0 Å². The monoisotopic (exact) mass is 869 g/mol. The summed E-state index contributed by atoms with van der Waals surface area (Å²) in [5.41, 5.74) is 3.93. The first-order valence-corrected chi connectivity index (χ1v) is 21.6. The number of benzene rings is 5. The lowest BCUT2D eigenvalue weighted by Crippen LogP contribution is -2.69. The highest BCUT2D eigenvalue weighted by molar-refractivity contribution is 6.21. The van der Waals surface area contributed by atoms with Crippen LogP contribution in [-0.4, -0.2) is 103 Å². The molecule has 4 aliphatic heterocycles. The van der Waals surface area contributed by atoms with Crippen molar-refractivity contribution in [1.29, 1.82) is 0 Å². The van der Waals surface area contributed by atoms with Crippen molar-refractivity contribution >= 4 is 11.8 Å². The number of imide groups is 1. The molecule has 0 spiro atoms. The van der Waals surface area contributed by atoms with Crippen LogP contribution in [0.5, 0.6) is 0 Å². The minimum atomic E-state index is -1.42. The average molecular weight is 870 g/mol. The minimum absolute atomic E-state index is 0.0246. The molecule has 11 atom stereocenters. The first-order valence-electron chi connectivity index (χ1n) is 21.6. The third-order valence-electron chi connectivity index (χ3n) is 11.8. The molecule has 0 unspecified atom stereocenters. The van der Waals surface area contributed by atoms with Gasteiger partial charge in [0.15, 0.2) is 18.9 Å². The number of ether oxygens (including phenoxy) is 9. The van der Waals surface area contributed by atoms with Crippen LogP contribution in [0.1, 0.15) is 49.3 Å². The third kappa shape index (κ3) is 9.65. The van der Waals surface area contributed by atoms with Crippen molar-refractivity contribution in [2.45, 2.75) is 87.5 Å². The van der Waals surface area contributed by atoms with Crippen LogP contribution in [0.25, 0.3) is 0 Å². The zero-order valence-electron chi connectivity index (χ0n) is 35.1. The molecule has 0 radical (unpaired) electrons. The Hall–Kier alpha value is -5.42. The Balaban J connectivity index is 1.08. The lowest BCUT2D eigenvalue weighted by Gasteiger charge is -2.51. The maximum atomic E-state index is 14.4. The normalized spacial score (nSPS) is 29.0. The molecule has 13 heteroatoms. The molecule has 332 valence electrons. The van der Waals surface area contributed by atoms with Crippen LogP contribution in [0.4, 0.5) is 0 Å². The number of hydrogen-bond acceptors (Lipinski definition) is 12. The molecule has 64 heavy (non-hydrogen) atoms. The zero-order valence-corrected chi connectivity index (χ0v) is 35.1. The molecule has 3 fully saturated rings. The Bertz CT molecular complexity index is 2270. The fourth-order valence-corrected chi connectivity index (χ4v) is 8.63. The van der Waals surface area contributed by atoms with Crippen molar-refractivity contribution in [3.8, 4) is 0 Å². The van der Waals surface area contributed by atoms with Crippen molar-refractivity contribution in [2.75, 3.05) is 19.8 Å². The number of amides is 2. The van der Waals surface area contributed by atoms with Crippen LogP contribution >= 0.6 is 0 Å². The van der Waals surface area contributed by atoms with E-state index in [2.05, 4.69) is 6.58 Å². The third-order valence-corrected chi connectivity index (χ3v) is 11.8. The van der Waals surface area contributed by atoms with Gasteiger partial charge in [-0.15, -0.1) is 6.58 Å². The second-order valence-corrected chi connectivity index (χ2v) is 16.0. The highest BCUT2D eigenvalue weighted by Crippen LogP contribution is 2.40. The number of aliphatic hydroxyl groups excluding tert-OH is 1. The van der Waals surface area contributed by atoms with Crippen LogP contribution in [0.15, 0.2) is 158 Å². The predicted octanol–water partition coefficient (Wildman–Crippen LogP) is 6.55. The molecule has 3 saturated heterocycles. The topological polar surface area (TPSA) is 141 Å². The summed E-state index contributed by atoms with van der Waals surface area (Å²) in [5.74, 6) is -1.08. The first-order chi connectivity index (χ1) is 31.5. The number of nitrogens with zero attached hydrogens (tertiary/aromatic N) is 1. The van der Waals surface area contributed by atoms with Gasteiger partial charge in [-0.25, -0.2) is 0 Å². The summed E-state index contributed by atoms with van der Waals surface area (Å²) in [7, 11) is 0. The minimum Gasteiger partial charge on any atom is -0.385 e. The predicted molar refractivity (Wildman–Crippen MR) is 231 cm³/mol. The molecule has 9 rings (SSSR count). The molecule has 1 N–H and O–H groups in total. The van der Waals surface area contributed by atoms with Crippen molar-refractivity contribution in [2.24, 2.45) is 0 Å². The van der Waals surface area contributed by atoms with Gasteiger partial charge in [0.25, 0.3) is 11.8 Å². The molecule has 0 bridgehead atoms. The SMILES string of the molecule is C=CCO[C@@H]1O[C@H](COCc2ccccc2)[C@@H](O[C@@H]2O[C@@H]3CO[C@@H](c4ccccc4)O[C@H]3[C@H](OCc3ccccc3)[C@H]2O)[C@H](OCc2ccccc2)[C@H]1N1C(=O)c2ccccc2C1=O. The van der Waals surface area contributed by atoms with E-state index >= 15 is 0 Å². The first kappa shape index (κ1) is 43.8. The largest absolute Gasteiger partial charge is 0.385 e. The molecule has 4 aliphatic rings. The number of carbonyl (C=O) groups excluding carboxylic acids is 2. The summed E-state index contributed by atoms with van der Waals surface area (Å²) in [6.45, 7) is 4.37. The number of rotatable bonds is 17. The van der Waals surface area contributed by atoms with Gasteiger partial charge in [0.2, 0.25) is 0 Å². The molecule has 0 aliphatic carbocycles. The van der Waals surface area contributed by atoms with Crippen LogP contribution in [-0.2, 0) is 62.5 Å². The van der Waals surface area contributed by atoms with Crippen molar-refractivity contribution in [3.05, 3.63) is 192 Å². The molecule has 0 aromatic heterocycles. The van der Waals surface area contributed by atoms with Gasteiger partial charge in [-0.3, -0.25) is 14.5 Å². The zero-order chi connectivity index (χ0) is 43.8. The van der Waals surface area contributed by atoms with Crippen LogP contribution in [0.2, 0.25) is 0 Å². The van der Waals surface area contributed by atoms with Crippen LogP contribution in [0.3, 0.4) is 0 Å². The number of fused-ring (bicyclic) bond motifs is 2.